The molecule has 38 heavy (non-hydrogen) atoms. The molecule has 2 atom stereocenters. The van der Waals surface area contributed by atoms with Crippen molar-refractivity contribution in [1.82, 2.24) is 15.7 Å². The minimum Gasteiger partial charge on any atom is -0.433 e. The highest BCUT2D eigenvalue weighted by Gasteiger charge is 2.39. The van der Waals surface area contributed by atoms with Crippen LogP contribution < -0.4 is 21.0 Å². The fraction of sp³-hybridized carbons (Fsp3) is 0.286. The van der Waals surface area contributed by atoms with Crippen LogP contribution in [0.2, 0.25) is 0 Å². The molecule has 1 fully saturated rings. The summed E-state index contributed by atoms with van der Waals surface area (Å²) in [6.45, 7) is 6.83. The molecule has 194 valence electrons. The smallest absolute Gasteiger partial charge is 0.264 e. The molecule has 0 spiro atoms. The summed E-state index contributed by atoms with van der Waals surface area (Å²) in [5, 5.41) is 10.6. The minimum atomic E-state index is -1.18. The third-order valence-corrected chi connectivity index (χ3v) is 6.72. The summed E-state index contributed by atoms with van der Waals surface area (Å²) in [4.78, 5) is 25.0. The van der Waals surface area contributed by atoms with Gasteiger partial charge in [-0.15, -0.1) is 5.10 Å². The number of aryl methyl sites for hydroxylation is 1. The van der Waals surface area contributed by atoms with Crippen molar-refractivity contribution in [2.24, 2.45) is 10.1 Å². The minimum absolute atomic E-state index is 0.298. The van der Waals surface area contributed by atoms with Gasteiger partial charge in [-0.2, -0.15) is 0 Å². The number of morpholine rings is 1. The normalized spacial score (nSPS) is 22.8. The first-order valence-corrected chi connectivity index (χ1v) is 12.6. The highest BCUT2D eigenvalue weighted by molar-refractivity contribution is 6.19. The monoisotopic (exact) mass is 511 g/mol. The zero-order valence-electron chi connectivity index (χ0n) is 21.3. The summed E-state index contributed by atoms with van der Waals surface area (Å²) in [6, 6.07) is 19.5. The quantitative estimate of drug-likeness (QED) is 0.483. The van der Waals surface area contributed by atoms with Gasteiger partial charge < -0.3 is 19.7 Å². The number of nitrogens with zero attached hydrogens (tertiary/aromatic N) is 4. The number of aromatic nitrogens is 1. The molecule has 2 unspecified atom stereocenters. The van der Waals surface area contributed by atoms with Crippen LogP contribution in [-0.2, 0) is 14.3 Å². The number of nitrogens with one attached hydrogen (secondary N) is 3. The Morgan fingerprint density at radius 1 is 1.08 bits per heavy atom. The number of para-hydroxylation sites is 1. The number of hydrazone groups is 1. The van der Waals surface area contributed by atoms with Crippen molar-refractivity contribution >= 4 is 28.9 Å². The topological polar surface area (TPSA) is 112 Å². The fourth-order valence-corrected chi connectivity index (χ4v) is 4.78. The number of carbonyl (C=O) groups excluding carboxylic acids is 1. The van der Waals surface area contributed by atoms with E-state index < -0.39 is 12.0 Å². The molecule has 3 N–H and O–H groups in total. The molecule has 3 aromatic rings. The Labute approximate surface area is 220 Å². The van der Waals surface area contributed by atoms with Crippen LogP contribution in [-0.4, -0.2) is 60.8 Å². The van der Waals surface area contributed by atoms with E-state index in [2.05, 4.69) is 37.1 Å². The first-order valence-electron chi connectivity index (χ1n) is 12.6. The molecular weight excluding hydrogens is 482 g/mol. The number of fused-ring (bicyclic) bond motifs is 1. The molecule has 2 aromatic carbocycles. The molecule has 0 aliphatic carbocycles. The maximum absolute atomic E-state index is 13.2. The van der Waals surface area contributed by atoms with Gasteiger partial charge in [-0.3, -0.25) is 15.2 Å². The molecule has 10 heteroatoms. The van der Waals surface area contributed by atoms with Crippen molar-refractivity contribution in [3.8, 4) is 0 Å². The standard InChI is InChI=1S/C28H29N7O3/c1-18-16-20(35-12-14-37-15-13-35)17-29-23(18)27-33-34-28(2,38-27)32-25-26(36)30-22-11-7-6-10-21(22)24(31-25)19-8-4-3-5-9-19/h3-11,16-17,25,32,34H,12-15H2,1-2H3,(H,30,36). The molecule has 10 nitrogen and oxygen atoms in total. The van der Waals surface area contributed by atoms with Crippen molar-refractivity contribution in [2.45, 2.75) is 25.9 Å². The lowest BCUT2D eigenvalue weighted by Gasteiger charge is -2.29. The number of benzodiazepines with no additional fused rings is 1. The van der Waals surface area contributed by atoms with Crippen molar-refractivity contribution in [3.05, 3.63) is 89.2 Å². The van der Waals surface area contributed by atoms with Gasteiger partial charge >= 0.3 is 0 Å². The Balaban J connectivity index is 1.23. The van der Waals surface area contributed by atoms with Gasteiger partial charge in [0.15, 0.2) is 6.17 Å². The summed E-state index contributed by atoms with van der Waals surface area (Å²) in [6.07, 6.45) is 0.886. The number of amides is 1. The van der Waals surface area contributed by atoms with Gasteiger partial charge in [-0.25, -0.2) is 10.3 Å². The SMILES string of the molecule is Cc1cc(N2CCOCC2)cnc1C1=NNC(C)(NC2N=C(c3ccccc3)c3ccccc3NC2=O)O1. The maximum atomic E-state index is 13.2. The highest BCUT2D eigenvalue weighted by atomic mass is 16.6. The van der Waals surface area contributed by atoms with Gasteiger partial charge in [0.25, 0.3) is 17.7 Å². The largest absolute Gasteiger partial charge is 0.433 e. The molecule has 6 rings (SSSR count). The van der Waals surface area contributed by atoms with Gasteiger partial charge in [-0.1, -0.05) is 48.5 Å². The second-order valence-corrected chi connectivity index (χ2v) is 9.55. The summed E-state index contributed by atoms with van der Waals surface area (Å²) >= 11 is 0. The number of carbonyl (C=O) groups is 1. The van der Waals surface area contributed by atoms with Gasteiger partial charge in [-0.05, 0) is 24.6 Å². The van der Waals surface area contributed by atoms with Crippen LogP contribution in [0.1, 0.15) is 29.3 Å². The van der Waals surface area contributed by atoms with Crippen LogP contribution in [0.5, 0.6) is 0 Å². The lowest BCUT2D eigenvalue weighted by Crippen LogP contribution is -2.58. The van der Waals surface area contributed by atoms with E-state index in [4.69, 9.17) is 14.5 Å². The van der Waals surface area contributed by atoms with Gasteiger partial charge in [0.05, 0.1) is 36.5 Å². The number of anilines is 2. The Morgan fingerprint density at radius 3 is 2.63 bits per heavy atom. The zero-order valence-corrected chi connectivity index (χ0v) is 21.3. The van der Waals surface area contributed by atoms with E-state index in [1.165, 1.54) is 0 Å². The first-order chi connectivity index (χ1) is 18.5. The molecule has 1 saturated heterocycles. The van der Waals surface area contributed by atoms with E-state index in [0.29, 0.717) is 36.2 Å². The summed E-state index contributed by atoms with van der Waals surface area (Å²) in [7, 11) is 0. The van der Waals surface area contributed by atoms with Crippen molar-refractivity contribution in [1.29, 1.82) is 0 Å². The number of ether oxygens (including phenoxy) is 2. The van der Waals surface area contributed by atoms with Crippen LogP contribution in [0.4, 0.5) is 11.4 Å². The summed E-state index contributed by atoms with van der Waals surface area (Å²) in [5.41, 5.74) is 8.76. The average molecular weight is 512 g/mol. The maximum Gasteiger partial charge on any atom is 0.264 e. The van der Waals surface area contributed by atoms with Crippen molar-refractivity contribution in [3.63, 3.8) is 0 Å². The van der Waals surface area contributed by atoms with E-state index in [1.807, 2.05) is 67.7 Å². The molecule has 1 amide bonds. The van der Waals surface area contributed by atoms with Crippen LogP contribution >= 0.6 is 0 Å². The van der Waals surface area contributed by atoms with E-state index in [1.54, 1.807) is 6.92 Å². The molecule has 3 aliphatic rings. The fourth-order valence-electron chi connectivity index (χ4n) is 4.78. The number of aliphatic imine (C=N–C) groups is 1. The van der Waals surface area contributed by atoms with Gasteiger partial charge in [0, 0.05) is 31.1 Å². The van der Waals surface area contributed by atoms with Gasteiger partial charge in [0.2, 0.25) is 0 Å². The second kappa shape index (κ2) is 9.88. The third kappa shape index (κ3) is 4.71. The Bertz CT molecular complexity index is 1420. The molecule has 0 radical (unpaired) electrons. The lowest BCUT2D eigenvalue weighted by molar-refractivity contribution is -0.120. The van der Waals surface area contributed by atoms with Crippen LogP contribution in [0.25, 0.3) is 0 Å². The molecule has 1 aromatic heterocycles. The Morgan fingerprint density at radius 2 is 1.84 bits per heavy atom. The molecule has 0 saturated carbocycles. The molecular formula is C28H29N7O3. The van der Waals surface area contributed by atoms with E-state index in [-0.39, 0.29) is 5.91 Å². The second-order valence-electron chi connectivity index (χ2n) is 9.55. The number of hydrogen-bond acceptors (Lipinski definition) is 9. The van der Waals surface area contributed by atoms with Gasteiger partial charge in [0.1, 0.15) is 5.69 Å². The van der Waals surface area contributed by atoms with Crippen LogP contribution in [0.15, 0.2) is 77.0 Å². The zero-order chi connectivity index (χ0) is 26.1. The number of hydrogen-bond donors (Lipinski definition) is 3. The summed E-state index contributed by atoms with van der Waals surface area (Å²) in [5.74, 6) is -1.14. The van der Waals surface area contributed by atoms with Crippen LogP contribution in [0.3, 0.4) is 0 Å². The first kappa shape index (κ1) is 24.1. The van der Waals surface area contributed by atoms with Crippen molar-refractivity contribution < 1.29 is 14.3 Å². The number of rotatable bonds is 5. The average Bonchev–Trinajstić information content (AvgIpc) is 3.27. The number of pyridine rings is 1. The van der Waals surface area contributed by atoms with Crippen LogP contribution in [0, 0.1) is 6.92 Å². The van der Waals surface area contributed by atoms with E-state index in [9.17, 15) is 4.79 Å². The molecule has 4 heterocycles. The number of benzene rings is 2. The molecule has 3 aliphatic heterocycles. The molecule has 0 bridgehead atoms. The Kier molecular flexibility index (Phi) is 6.26. The van der Waals surface area contributed by atoms with E-state index >= 15 is 0 Å². The predicted molar refractivity (Wildman–Crippen MR) is 145 cm³/mol. The predicted octanol–water partition coefficient (Wildman–Crippen LogP) is 2.59. The Hall–Kier alpha value is -4.28. The van der Waals surface area contributed by atoms with E-state index in [0.717, 1.165) is 35.5 Å². The highest BCUT2D eigenvalue weighted by Crippen LogP contribution is 2.26. The summed E-state index contributed by atoms with van der Waals surface area (Å²) < 4.78 is 11.6. The van der Waals surface area contributed by atoms with Crippen molar-refractivity contribution in [2.75, 3.05) is 36.5 Å². The third-order valence-electron chi connectivity index (χ3n) is 6.72. The lowest BCUT2D eigenvalue weighted by atomic mass is 10.0.